The fourth-order valence-electron chi connectivity index (χ4n) is 7.20. The highest BCUT2D eigenvalue weighted by molar-refractivity contribution is 6.07. The van der Waals surface area contributed by atoms with Gasteiger partial charge in [-0.15, -0.1) is 0 Å². The van der Waals surface area contributed by atoms with Crippen molar-refractivity contribution in [2.75, 3.05) is 37.6 Å². The van der Waals surface area contributed by atoms with Gasteiger partial charge in [0.25, 0.3) is 5.91 Å². The zero-order valence-corrected chi connectivity index (χ0v) is 21.8. The third-order valence-electron chi connectivity index (χ3n) is 9.60. The molecule has 3 amide bonds. The predicted octanol–water partition coefficient (Wildman–Crippen LogP) is 4.46. The minimum absolute atomic E-state index is 0.0272. The molecule has 0 radical (unpaired) electrons. The summed E-state index contributed by atoms with van der Waals surface area (Å²) >= 11 is 0. The van der Waals surface area contributed by atoms with Gasteiger partial charge in [-0.1, -0.05) is 36.4 Å². The average molecular weight is 499 g/mol. The molecule has 3 heterocycles. The van der Waals surface area contributed by atoms with E-state index >= 15 is 0 Å². The first-order chi connectivity index (χ1) is 18.1. The average Bonchev–Trinajstić information content (AvgIpc) is 3.32. The SMILES string of the molecule is O=C1N(C2Cc3ccccc3C2)C(=O)C2(CCN(Cc3ccc(N4CCCC4)cc3)CC2)N1CC1CC1. The number of likely N-dealkylation sites (tertiary alicyclic amines) is 1. The van der Waals surface area contributed by atoms with Gasteiger partial charge in [-0.3, -0.25) is 14.6 Å². The Morgan fingerprint density at radius 2 is 1.46 bits per heavy atom. The molecule has 5 aliphatic rings. The Morgan fingerprint density at radius 1 is 0.811 bits per heavy atom. The van der Waals surface area contributed by atoms with Gasteiger partial charge in [0.2, 0.25) is 0 Å². The lowest BCUT2D eigenvalue weighted by Crippen LogP contribution is -2.57. The molecule has 4 fully saturated rings. The maximum Gasteiger partial charge on any atom is 0.327 e. The maximum absolute atomic E-state index is 14.1. The van der Waals surface area contributed by atoms with Crippen LogP contribution in [0.1, 0.15) is 55.2 Å². The van der Waals surface area contributed by atoms with Crippen molar-refractivity contribution in [1.29, 1.82) is 0 Å². The van der Waals surface area contributed by atoms with Crippen LogP contribution < -0.4 is 4.90 Å². The molecular weight excluding hydrogens is 460 g/mol. The summed E-state index contributed by atoms with van der Waals surface area (Å²) in [5.74, 6) is 0.645. The number of hydrogen-bond acceptors (Lipinski definition) is 4. The first-order valence-corrected chi connectivity index (χ1v) is 14.4. The van der Waals surface area contributed by atoms with Crippen LogP contribution in [0.15, 0.2) is 48.5 Å². The van der Waals surface area contributed by atoms with E-state index in [9.17, 15) is 9.59 Å². The molecule has 0 N–H and O–H groups in total. The zero-order chi connectivity index (χ0) is 25.0. The second-order valence-electron chi connectivity index (χ2n) is 12.0. The molecule has 3 saturated heterocycles. The third kappa shape index (κ3) is 4.14. The Kier molecular flexibility index (Phi) is 5.76. The van der Waals surface area contributed by atoms with E-state index in [1.54, 1.807) is 4.90 Å². The molecule has 37 heavy (non-hydrogen) atoms. The molecule has 1 saturated carbocycles. The number of carbonyl (C=O) groups is 2. The van der Waals surface area contributed by atoms with Crippen LogP contribution in [0.3, 0.4) is 0 Å². The summed E-state index contributed by atoms with van der Waals surface area (Å²) in [6.07, 6.45) is 8.02. The van der Waals surface area contributed by atoms with Crippen molar-refractivity contribution in [3.63, 3.8) is 0 Å². The van der Waals surface area contributed by atoms with Gasteiger partial charge in [0, 0.05) is 51.0 Å². The Balaban J connectivity index is 1.05. The van der Waals surface area contributed by atoms with Crippen LogP contribution in [0.25, 0.3) is 0 Å². The number of anilines is 1. The zero-order valence-electron chi connectivity index (χ0n) is 21.8. The van der Waals surface area contributed by atoms with Crippen LogP contribution in [-0.2, 0) is 24.2 Å². The Hall–Kier alpha value is -2.86. The number of fused-ring (bicyclic) bond motifs is 1. The number of rotatable bonds is 6. The lowest BCUT2D eigenvalue weighted by Gasteiger charge is -2.42. The van der Waals surface area contributed by atoms with Crippen molar-refractivity contribution < 1.29 is 9.59 Å². The van der Waals surface area contributed by atoms with Gasteiger partial charge in [0.15, 0.2) is 0 Å². The molecule has 0 atom stereocenters. The van der Waals surface area contributed by atoms with Crippen molar-refractivity contribution in [3.05, 3.63) is 65.2 Å². The van der Waals surface area contributed by atoms with Crippen LogP contribution in [0.5, 0.6) is 0 Å². The van der Waals surface area contributed by atoms with E-state index in [1.807, 2.05) is 4.90 Å². The first kappa shape index (κ1) is 23.3. The minimum atomic E-state index is -0.648. The molecule has 194 valence electrons. The fraction of sp³-hybridized carbons (Fsp3) is 0.548. The lowest BCUT2D eigenvalue weighted by atomic mass is 9.85. The molecule has 1 spiro atoms. The van der Waals surface area contributed by atoms with Gasteiger partial charge in [-0.25, -0.2) is 4.79 Å². The molecule has 6 heteroatoms. The number of hydrogen-bond donors (Lipinski definition) is 0. The number of urea groups is 1. The van der Waals surface area contributed by atoms with E-state index in [0.29, 0.717) is 5.92 Å². The normalized spacial score (nSPS) is 24.1. The van der Waals surface area contributed by atoms with E-state index in [-0.39, 0.29) is 18.0 Å². The lowest BCUT2D eigenvalue weighted by molar-refractivity contribution is -0.137. The van der Waals surface area contributed by atoms with Crippen LogP contribution in [0.4, 0.5) is 10.5 Å². The quantitative estimate of drug-likeness (QED) is 0.552. The van der Waals surface area contributed by atoms with E-state index in [2.05, 4.69) is 58.3 Å². The highest BCUT2D eigenvalue weighted by Gasteiger charge is 2.60. The van der Waals surface area contributed by atoms with Crippen molar-refractivity contribution in [3.8, 4) is 0 Å². The van der Waals surface area contributed by atoms with Gasteiger partial charge in [-0.2, -0.15) is 0 Å². The number of benzene rings is 2. The summed E-state index contributed by atoms with van der Waals surface area (Å²) in [4.78, 5) is 36.6. The third-order valence-corrected chi connectivity index (χ3v) is 9.60. The molecule has 6 nitrogen and oxygen atoms in total. The highest BCUT2D eigenvalue weighted by atomic mass is 16.2. The summed E-state index contributed by atoms with van der Waals surface area (Å²) in [5.41, 5.74) is 4.58. The van der Waals surface area contributed by atoms with Crippen LogP contribution in [-0.4, -0.2) is 70.9 Å². The number of piperidine rings is 1. The van der Waals surface area contributed by atoms with Crippen LogP contribution in [0.2, 0.25) is 0 Å². The fourth-order valence-corrected chi connectivity index (χ4v) is 7.20. The van der Waals surface area contributed by atoms with Crippen molar-refractivity contribution in [2.45, 2.75) is 69.5 Å². The minimum Gasteiger partial charge on any atom is -0.372 e. The first-order valence-electron chi connectivity index (χ1n) is 14.4. The molecule has 7 rings (SSSR count). The summed E-state index contributed by atoms with van der Waals surface area (Å²) in [5, 5.41) is 0. The van der Waals surface area contributed by atoms with Gasteiger partial charge in [-0.05, 0) is 86.1 Å². The van der Waals surface area contributed by atoms with Crippen molar-refractivity contribution >= 4 is 17.6 Å². The van der Waals surface area contributed by atoms with Gasteiger partial charge >= 0.3 is 6.03 Å². The largest absolute Gasteiger partial charge is 0.372 e. The number of amides is 3. The Morgan fingerprint density at radius 3 is 2.08 bits per heavy atom. The standard InChI is InChI=1S/C31H38N4O2/c36-29-31(13-17-32(18-14-31)21-23-9-11-27(12-10-23)33-15-3-4-16-33)34(22-24-7-8-24)30(37)35(29)28-19-25-5-1-2-6-26(25)20-28/h1-2,5-6,9-12,24,28H,3-4,7-8,13-22H2. The molecule has 2 aliphatic carbocycles. The highest BCUT2D eigenvalue weighted by Crippen LogP contribution is 2.43. The summed E-state index contributed by atoms with van der Waals surface area (Å²) < 4.78 is 0. The molecule has 0 bridgehead atoms. The van der Waals surface area contributed by atoms with E-state index in [1.165, 1.54) is 61.2 Å². The van der Waals surface area contributed by atoms with Crippen LogP contribution >= 0.6 is 0 Å². The smallest absolute Gasteiger partial charge is 0.327 e. The summed E-state index contributed by atoms with van der Waals surface area (Å²) in [6, 6.07) is 17.4. The molecule has 0 aromatic heterocycles. The topological polar surface area (TPSA) is 47.1 Å². The summed E-state index contributed by atoms with van der Waals surface area (Å²) in [6.45, 7) is 5.70. The number of nitrogens with zero attached hydrogens (tertiary/aromatic N) is 4. The van der Waals surface area contributed by atoms with E-state index in [4.69, 9.17) is 0 Å². The number of imide groups is 1. The Bertz CT molecular complexity index is 1150. The summed E-state index contributed by atoms with van der Waals surface area (Å²) in [7, 11) is 0. The van der Waals surface area contributed by atoms with Crippen molar-refractivity contribution in [2.24, 2.45) is 5.92 Å². The number of carbonyl (C=O) groups excluding carboxylic acids is 2. The predicted molar refractivity (Wildman–Crippen MR) is 144 cm³/mol. The molecule has 0 unspecified atom stereocenters. The van der Waals surface area contributed by atoms with E-state index in [0.717, 1.165) is 51.9 Å². The van der Waals surface area contributed by atoms with Gasteiger partial charge in [0.05, 0.1) is 0 Å². The van der Waals surface area contributed by atoms with Crippen molar-refractivity contribution in [1.82, 2.24) is 14.7 Å². The second-order valence-corrected chi connectivity index (χ2v) is 12.0. The Labute approximate surface area is 220 Å². The molecular formula is C31H38N4O2. The molecule has 3 aliphatic heterocycles. The van der Waals surface area contributed by atoms with Crippen LogP contribution in [0, 0.1) is 5.92 Å². The molecule has 2 aromatic carbocycles. The van der Waals surface area contributed by atoms with Gasteiger partial charge < -0.3 is 9.80 Å². The monoisotopic (exact) mass is 498 g/mol. The maximum atomic E-state index is 14.1. The van der Waals surface area contributed by atoms with Gasteiger partial charge in [0.1, 0.15) is 5.54 Å². The second kappa shape index (κ2) is 9.16. The molecule has 2 aromatic rings. The van der Waals surface area contributed by atoms with E-state index < -0.39 is 5.54 Å².